The largest absolute Gasteiger partial charge is 0.384 e. The molecule has 1 aliphatic carbocycles. The van der Waals surface area contributed by atoms with Crippen molar-refractivity contribution in [3.63, 3.8) is 0 Å². The molecule has 2 aromatic carbocycles. The second-order valence-corrected chi connectivity index (χ2v) is 5.08. The molecule has 2 aromatic rings. The molecule has 0 spiro atoms. The van der Waals surface area contributed by atoms with Crippen LogP contribution in [0.25, 0.3) is 11.1 Å². The van der Waals surface area contributed by atoms with Gasteiger partial charge in [-0.2, -0.15) is 0 Å². The molecule has 4 nitrogen and oxygen atoms in total. The van der Waals surface area contributed by atoms with E-state index < -0.39 is 6.10 Å². The minimum atomic E-state index is -0.725. The predicted molar refractivity (Wildman–Crippen MR) is 77.6 cm³/mol. The van der Waals surface area contributed by atoms with E-state index in [9.17, 15) is 14.7 Å². The highest BCUT2D eigenvalue weighted by atomic mass is 16.3. The number of fused-ring (bicyclic) bond motifs is 3. The van der Waals surface area contributed by atoms with Crippen molar-refractivity contribution in [2.45, 2.75) is 6.10 Å². The molecular weight excluding hydrogens is 266 g/mol. The maximum atomic E-state index is 11.9. The average molecular weight is 277 g/mol. The number of rotatable bonds is 1. The Morgan fingerprint density at radius 1 is 0.857 bits per heavy atom. The lowest BCUT2D eigenvalue weighted by Gasteiger charge is -2.18. The molecule has 4 rings (SSSR count). The number of aliphatic hydroxyl groups excluding tert-OH is 1. The number of benzene rings is 2. The summed E-state index contributed by atoms with van der Waals surface area (Å²) >= 11 is 0. The molecule has 102 valence electrons. The van der Waals surface area contributed by atoms with Gasteiger partial charge in [-0.15, -0.1) is 0 Å². The number of anilines is 1. The summed E-state index contributed by atoms with van der Waals surface area (Å²) in [6.07, 6.45) is 1.80. The van der Waals surface area contributed by atoms with Gasteiger partial charge in [0.05, 0.1) is 5.69 Å². The highest BCUT2D eigenvalue weighted by Crippen LogP contribution is 2.48. The molecule has 1 N–H and O–H groups in total. The number of carbonyl (C=O) groups excluding carboxylic acids is 2. The van der Waals surface area contributed by atoms with Crippen LogP contribution in [0.15, 0.2) is 54.6 Å². The van der Waals surface area contributed by atoms with Crippen molar-refractivity contribution in [1.29, 1.82) is 0 Å². The van der Waals surface area contributed by atoms with Gasteiger partial charge in [0.25, 0.3) is 11.8 Å². The SMILES string of the molecule is O=C1C=CC(=O)N1c1cccc2c1-c1ccccc1C2O. The van der Waals surface area contributed by atoms with E-state index in [1.54, 1.807) is 12.1 Å². The van der Waals surface area contributed by atoms with Crippen molar-refractivity contribution in [2.24, 2.45) is 0 Å². The van der Waals surface area contributed by atoms with Crippen molar-refractivity contribution in [3.05, 3.63) is 65.7 Å². The number of amides is 2. The maximum Gasteiger partial charge on any atom is 0.258 e. The molecule has 0 saturated carbocycles. The van der Waals surface area contributed by atoms with Crippen molar-refractivity contribution in [1.82, 2.24) is 0 Å². The highest BCUT2D eigenvalue weighted by Gasteiger charge is 2.34. The molecule has 0 bridgehead atoms. The molecule has 1 heterocycles. The summed E-state index contributed by atoms with van der Waals surface area (Å²) < 4.78 is 0. The summed E-state index contributed by atoms with van der Waals surface area (Å²) in [4.78, 5) is 25.0. The quantitative estimate of drug-likeness (QED) is 0.813. The molecule has 0 fully saturated rings. The van der Waals surface area contributed by atoms with Crippen molar-refractivity contribution in [3.8, 4) is 11.1 Å². The van der Waals surface area contributed by atoms with Gasteiger partial charge in [0, 0.05) is 17.7 Å². The second-order valence-electron chi connectivity index (χ2n) is 5.08. The van der Waals surface area contributed by atoms with E-state index in [2.05, 4.69) is 0 Å². The zero-order valence-corrected chi connectivity index (χ0v) is 11.0. The van der Waals surface area contributed by atoms with Gasteiger partial charge >= 0.3 is 0 Å². The lowest BCUT2D eigenvalue weighted by molar-refractivity contribution is -0.119. The second kappa shape index (κ2) is 4.14. The van der Waals surface area contributed by atoms with Crippen molar-refractivity contribution in [2.75, 3.05) is 4.90 Å². The standard InChI is InChI=1S/C17H11NO3/c19-14-8-9-15(20)18(14)13-7-3-6-12-16(13)10-4-1-2-5-11(10)17(12)21/h1-9,17,21H. The van der Waals surface area contributed by atoms with Crippen LogP contribution in [-0.2, 0) is 9.59 Å². The third-order valence-corrected chi connectivity index (χ3v) is 3.94. The number of hydrogen-bond donors (Lipinski definition) is 1. The molecule has 0 saturated heterocycles. The Labute approximate surface area is 120 Å². The zero-order valence-electron chi connectivity index (χ0n) is 11.0. The summed E-state index contributed by atoms with van der Waals surface area (Å²) in [6, 6.07) is 12.8. The van der Waals surface area contributed by atoms with Crippen LogP contribution in [0.1, 0.15) is 17.2 Å². The molecule has 0 aromatic heterocycles. The number of aliphatic hydroxyl groups is 1. The minimum absolute atomic E-state index is 0.354. The maximum absolute atomic E-state index is 11.9. The summed E-state index contributed by atoms with van der Waals surface area (Å²) in [7, 11) is 0. The monoisotopic (exact) mass is 277 g/mol. The van der Waals surface area contributed by atoms with Gasteiger partial charge in [-0.25, -0.2) is 4.90 Å². The molecular formula is C17H11NO3. The first-order chi connectivity index (χ1) is 10.2. The van der Waals surface area contributed by atoms with Gasteiger partial charge in [0.15, 0.2) is 0 Å². The number of nitrogens with zero attached hydrogens (tertiary/aromatic N) is 1. The van der Waals surface area contributed by atoms with E-state index in [1.807, 2.05) is 30.3 Å². The van der Waals surface area contributed by atoms with Gasteiger partial charge < -0.3 is 5.11 Å². The van der Waals surface area contributed by atoms with Crippen LogP contribution in [0.3, 0.4) is 0 Å². The Morgan fingerprint density at radius 3 is 2.29 bits per heavy atom. The van der Waals surface area contributed by atoms with Gasteiger partial charge in [-0.3, -0.25) is 9.59 Å². The zero-order chi connectivity index (χ0) is 14.6. The van der Waals surface area contributed by atoms with Crippen LogP contribution < -0.4 is 4.90 Å². The molecule has 2 amide bonds. The Morgan fingerprint density at radius 2 is 1.52 bits per heavy atom. The third kappa shape index (κ3) is 1.53. The molecule has 2 aliphatic rings. The Balaban J connectivity index is 1.99. The van der Waals surface area contributed by atoms with E-state index in [0.29, 0.717) is 5.69 Å². The third-order valence-electron chi connectivity index (χ3n) is 3.94. The molecule has 0 radical (unpaired) electrons. The number of carbonyl (C=O) groups is 2. The van der Waals surface area contributed by atoms with Crippen molar-refractivity contribution >= 4 is 17.5 Å². The van der Waals surface area contributed by atoms with Crippen LogP contribution in [0, 0.1) is 0 Å². The van der Waals surface area contributed by atoms with Gasteiger partial charge in [-0.05, 0) is 22.8 Å². The van der Waals surface area contributed by atoms with Crippen LogP contribution in [0.2, 0.25) is 0 Å². The fraction of sp³-hybridized carbons (Fsp3) is 0.0588. The van der Waals surface area contributed by atoms with E-state index in [4.69, 9.17) is 0 Å². The average Bonchev–Trinajstić information content (AvgIpc) is 2.99. The molecule has 1 aliphatic heterocycles. The first-order valence-corrected chi connectivity index (χ1v) is 6.65. The minimum Gasteiger partial charge on any atom is -0.384 e. The van der Waals surface area contributed by atoms with Crippen LogP contribution >= 0.6 is 0 Å². The molecule has 4 heteroatoms. The van der Waals surface area contributed by atoms with E-state index in [-0.39, 0.29) is 11.8 Å². The van der Waals surface area contributed by atoms with Gasteiger partial charge in [0.1, 0.15) is 6.10 Å². The molecule has 21 heavy (non-hydrogen) atoms. The number of hydrogen-bond acceptors (Lipinski definition) is 3. The Kier molecular flexibility index (Phi) is 2.37. The first kappa shape index (κ1) is 12.1. The highest BCUT2D eigenvalue weighted by molar-refractivity contribution is 6.29. The van der Waals surface area contributed by atoms with E-state index in [0.717, 1.165) is 27.2 Å². The predicted octanol–water partition coefficient (Wildman–Crippen LogP) is 2.18. The summed E-state index contributed by atoms with van der Waals surface area (Å²) in [6.45, 7) is 0. The molecule has 1 atom stereocenters. The van der Waals surface area contributed by atoms with E-state index >= 15 is 0 Å². The lowest BCUT2D eigenvalue weighted by atomic mass is 10.0. The summed E-state index contributed by atoms with van der Waals surface area (Å²) in [5.74, 6) is -0.709. The van der Waals surface area contributed by atoms with E-state index in [1.165, 1.54) is 12.2 Å². The first-order valence-electron chi connectivity index (χ1n) is 6.65. The van der Waals surface area contributed by atoms with Gasteiger partial charge in [0.2, 0.25) is 0 Å². The topological polar surface area (TPSA) is 57.6 Å². The normalized spacial score (nSPS) is 19.1. The molecule has 1 unspecified atom stereocenters. The van der Waals surface area contributed by atoms with Crippen LogP contribution in [-0.4, -0.2) is 16.9 Å². The van der Waals surface area contributed by atoms with Crippen LogP contribution in [0.5, 0.6) is 0 Å². The van der Waals surface area contributed by atoms with Crippen LogP contribution in [0.4, 0.5) is 5.69 Å². The smallest absolute Gasteiger partial charge is 0.258 e. The fourth-order valence-corrected chi connectivity index (χ4v) is 3.03. The Bertz CT molecular complexity index is 805. The number of imide groups is 1. The summed E-state index contributed by atoms with van der Waals surface area (Å²) in [5, 5.41) is 10.4. The van der Waals surface area contributed by atoms with Crippen molar-refractivity contribution < 1.29 is 14.7 Å². The fourth-order valence-electron chi connectivity index (χ4n) is 3.03. The lowest BCUT2D eigenvalue weighted by Crippen LogP contribution is -2.30. The van der Waals surface area contributed by atoms with Gasteiger partial charge in [-0.1, -0.05) is 36.4 Å². The summed E-state index contributed by atoms with van der Waals surface area (Å²) in [5.41, 5.74) is 3.67. The Hall–Kier alpha value is -2.72.